The molecule has 1 amide bonds. The SMILES string of the molecule is CCc1cccc(CC)c1NC(=O)CSc1nnc(-c2ccc3c(c2)OCO3)n1-c1ccccc1. The quantitative estimate of drug-likeness (QED) is 0.331. The lowest BCUT2D eigenvalue weighted by Gasteiger charge is -2.14. The van der Waals surface area contributed by atoms with E-state index in [1.54, 1.807) is 0 Å². The first-order chi connectivity index (χ1) is 17.2. The lowest BCUT2D eigenvalue weighted by Crippen LogP contribution is -2.17. The van der Waals surface area contributed by atoms with Crippen molar-refractivity contribution >= 4 is 23.4 Å². The van der Waals surface area contributed by atoms with Crippen molar-refractivity contribution in [3.8, 4) is 28.6 Å². The fourth-order valence-electron chi connectivity index (χ4n) is 4.10. The number of aromatic nitrogens is 3. The van der Waals surface area contributed by atoms with Crippen LogP contribution in [0.25, 0.3) is 17.1 Å². The van der Waals surface area contributed by atoms with Crippen LogP contribution in [0.5, 0.6) is 11.5 Å². The Hall–Kier alpha value is -3.78. The average Bonchev–Trinajstić information content (AvgIpc) is 3.54. The van der Waals surface area contributed by atoms with Gasteiger partial charge in [-0.2, -0.15) is 0 Å². The summed E-state index contributed by atoms with van der Waals surface area (Å²) in [5.41, 5.74) is 4.97. The van der Waals surface area contributed by atoms with Gasteiger partial charge in [0.05, 0.1) is 5.75 Å². The zero-order valence-electron chi connectivity index (χ0n) is 19.7. The summed E-state index contributed by atoms with van der Waals surface area (Å²) in [6.45, 7) is 4.40. The van der Waals surface area contributed by atoms with E-state index in [0.717, 1.165) is 40.9 Å². The summed E-state index contributed by atoms with van der Waals surface area (Å²) >= 11 is 1.36. The van der Waals surface area contributed by atoms with Crippen molar-refractivity contribution in [3.05, 3.63) is 77.9 Å². The molecule has 1 aliphatic heterocycles. The second kappa shape index (κ2) is 10.2. The molecule has 0 spiro atoms. The molecule has 178 valence electrons. The van der Waals surface area contributed by atoms with E-state index in [1.807, 2.05) is 59.2 Å². The van der Waals surface area contributed by atoms with Crippen molar-refractivity contribution in [3.63, 3.8) is 0 Å². The second-order valence-electron chi connectivity index (χ2n) is 8.04. The minimum atomic E-state index is -0.0714. The highest BCUT2D eigenvalue weighted by atomic mass is 32.2. The predicted octanol–water partition coefficient (Wildman–Crippen LogP) is 5.52. The zero-order chi connectivity index (χ0) is 24.2. The van der Waals surface area contributed by atoms with E-state index >= 15 is 0 Å². The van der Waals surface area contributed by atoms with Gasteiger partial charge in [-0.25, -0.2) is 0 Å². The molecule has 0 fully saturated rings. The maximum absolute atomic E-state index is 13.0. The van der Waals surface area contributed by atoms with E-state index in [2.05, 4.69) is 41.5 Å². The van der Waals surface area contributed by atoms with Crippen LogP contribution in [0.3, 0.4) is 0 Å². The van der Waals surface area contributed by atoms with Gasteiger partial charge >= 0.3 is 0 Å². The fourth-order valence-corrected chi connectivity index (χ4v) is 4.86. The number of amides is 1. The van der Waals surface area contributed by atoms with Crippen LogP contribution in [0, 0.1) is 0 Å². The number of anilines is 1. The number of hydrogen-bond donors (Lipinski definition) is 1. The van der Waals surface area contributed by atoms with E-state index in [-0.39, 0.29) is 18.5 Å². The minimum absolute atomic E-state index is 0.0714. The van der Waals surface area contributed by atoms with Crippen LogP contribution in [-0.4, -0.2) is 33.2 Å². The van der Waals surface area contributed by atoms with Crippen molar-refractivity contribution in [1.82, 2.24) is 14.8 Å². The lowest BCUT2D eigenvalue weighted by molar-refractivity contribution is -0.113. The Balaban J connectivity index is 1.41. The number of thioether (sulfide) groups is 1. The number of carbonyl (C=O) groups excluding carboxylic acids is 1. The molecule has 0 aliphatic carbocycles. The predicted molar refractivity (Wildman–Crippen MR) is 137 cm³/mol. The van der Waals surface area contributed by atoms with Gasteiger partial charge in [0.1, 0.15) is 0 Å². The van der Waals surface area contributed by atoms with E-state index in [4.69, 9.17) is 9.47 Å². The van der Waals surface area contributed by atoms with Crippen molar-refractivity contribution in [2.24, 2.45) is 0 Å². The van der Waals surface area contributed by atoms with E-state index in [0.29, 0.717) is 22.5 Å². The van der Waals surface area contributed by atoms with Crippen LogP contribution < -0.4 is 14.8 Å². The number of benzene rings is 3. The van der Waals surface area contributed by atoms with E-state index in [9.17, 15) is 4.79 Å². The Kier molecular flexibility index (Phi) is 6.72. The summed E-state index contributed by atoms with van der Waals surface area (Å²) in [5.74, 6) is 2.21. The van der Waals surface area contributed by atoms with Crippen molar-refractivity contribution in [2.75, 3.05) is 17.9 Å². The molecule has 0 atom stereocenters. The Morgan fingerprint density at radius 2 is 1.69 bits per heavy atom. The van der Waals surface area contributed by atoms with Crippen LogP contribution in [0.2, 0.25) is 0 Å². The first kappa shape index (κ1) is 23.0. The topological polar surface area (TPSA) is 78.3 Å². The highest BCUT2D eigenvalue weighted by Crippen LogP contribution is 2.37. The normalized spacial score (nSPS) is 12.1. The van der Waals surface area contributed by atoms with Gasteiger partial charge in [-0.3, -0.25) is 9.36 Å². The maximum Gasteiger partial charge on any atom is 0.234 e. The van der Waals surface area contributed by atoms with Gasteiger partial charge < -0.3 is 14.8 Å². The van der Waals surface area contributed by atoms with Crippen LogP contribution in [-0.2, 0) is 17.6 Å². The Morgan fingerprint density at radius 1 is 0.943 bits per heavy atom. The smallest absolute Gasteiger partial charge is 0.234 e. The van der Waals surface area contributed by atoms with Crippen molar-refractivity contribution in [1.29, 1.82) is 0 Å². The summed E-state index contributed by atoms with van der Waals surface area (Å²) in [7, 11) is 0. The monoisotopic (exact) mass is 486 g/mol. The molecule has 5 rings (SSSR count). The number of aryl methyl sites for hydroxylation is 2. The van der Waals surface area contributed by atoms with Crippen LogP contribution in [0.4, 0.5) is 5.69 Å². The number of nitrogens with one attached hydrogen (secondary N) is 1. The van der Waals surface area contributed by atoms with Gasteiger partial charge in [0.2, 0.25) is 12.7 Å². The number of ether oxygens (including phenoxy) is 2. The molecule has 1 aliphatic rings. The molecule has 1 N–H and O–H groups in total. The Labute approximate surface area is 208 Å². The van der Waals surface area contributed by atoms with Gasteiger partial charge in [-0.15, -0.1) is 10.2 Å². The number of para-hydroxylation sites is 2. The van der Waals surface area contributed by atoms with E-state index in [1.165, 1.54) is 11.8 Å². The molecule has 0 bridgehead atoms. The Bertz CT molecular complexity index is 1330. The molecule has 0 saturated carbocycles. The minimum Gasteiger partial charge on any atom is -0.454 e. The number of rotatable bonds is 8. The number of fused-ring (bicyclic) bond motifs is 1. The van der Waals surface area contributed by atoms with Gasteiger partial charge in [-0.1, -0.05) is 62.0 Å². The lowest BCUT2D eigenvalue weighted by atomic mass is 10.0. The van der Waals surface area contributed by atoms with Gasteiger partial charge in [0, 0.05) is 16.9 Å². The van der Waals surface area contributed by atoms with E-state index < -0.39 is 0 Å². The molecule has 7 nitrogen and oxygen atoms in total. The molecular formula is C27H26N4O3S. The molecule has 0 radical (unpaired) electrons. The molecule has 4 aromatic rings. The third kappa shape index (κ3) is 4.74. The maximum atomic E-state index is 13.0. The summed E-state index contributed by atoms with van der Waals surface area (Å²) in [5, 5.41) is 12.7. The van der Waals surface area contributed by atoms with Crippen molar-refractivity contribution < 1.29 is 14.3 Å². The molecule has 8 heteroatoms. The van der Waals surface area contributed by atoms with Crippen molar-refractivity contribution in [2.45, 2.75) is 31.8 Å². The molecular weight excluding hydrogens is 460 g/mol. The number of carbonyl (C=O) groups is 1. The van der Waals surface area contributed by atoms with Gasteiger partial charge in [-0.05, 0) is 54.3 Å². The summed E-state index contributed by atoms with van der Waals surface area (Å²) in [6.07, 6.45) is 1.72. The molecule has 0 saturated heterocycles. The number of nitrogens with zero attached hydrogens (tertiary/aromatic N) is 3. The zero-order valence-corrected chi connectivity index (χ0v) is 20.5. The molecule has 3 aromatic carbocycles. The molecule has 1 aromatic heterocycles. The Morgan fingerprint density at radius 3 is 2.43 bits per heavy atom. The third-order valence-electron chi connectivity index (χ3n) is 5.87. The molecule has 2 heterocycles. The van der Waals surface area contributed by atoms with Crippen LogP contribution >= 0.6 is 11.8 Å². The highest BCUT2D eigenvalue weighted by Gasteiger charge is 2.21. The van der Waals surface area contributed by atoms with Crippen LogP contribution in [0.1, 0.15) is 25.0 Å². The second-order valence-corrected chi connectivity index (χ2v) is 8.98. The van der Waals surface area contributed by atoms with Gasteiger partial charge in [0.25, 0.3) is 0 Å². The first-order valence-corrected chi connectivity index (χ1v) is 12.6. The number of hydrogen-bond acceptors (Lipinski definition) is 6. The fraction of sp³-hybridized carbons (Fsp3) is 0.222. The highest BCUT2D eigenvalue weighted by molar-refractivity contribution is 7.99. The van der Waals surface area contributed by atoms with Crippen LogP contribution in [0.15, 0.2) is 71.9 Å². The third-order valence-corrected chi connectivity index (χ3v) is 6.80. The first-order valence-electron chi connectivity index (χ1n) is 11.6. The standard InChI is InChI=1S/C27H26N4O3S/c1-3-18-9-8-10-19(4-2)25(18)28-24(32)16-35-27-30-29-26(31(27)21-11-6-5-7-12-21)20-13-14-22-23(15-20)34-17-33-22/h5-15H,3-4,16-17H2,1-2H3,(H,28,32). The summed E-state index contributed by atoms with van der Waals surface area (Å²) in [6, 6.07) is 21.8. The average molecular weight is 487 g/mol. The summed E-state index contributed by atoms with van der Waals surface area (Å²) < 4.78 is 13.0. The largest absolute Gasteiger partial charge is 0.454 e. The van der Waals surface area contributed by atoms with Gasteiger partial charge in [0.15, 0.2) is 22.5 Å². The molecule has 0 unspecified atom stereocenters. The summed E-state index contributed by atoms with van der Waals surface area (Å²) in [4.78, 5) is 13.0. The molecule has 35 heavy (non-hydrogen) atoms.